The molecule has 0 aromatic heterocycles. The van der Waals surface area contributed by atoms with Gasteiger partial charge in [-0.1, -0.05) is 12.1 Å². The van der Waals surface area contributed by atoms with E-state index in [-0.39, 0.29) is 5.91 Å². The molecule has 0 saturated heterocycles. The lowest BCUT2D eigenvalue weighted by molar-refractivity contribution is -0.130. The summed E-state index contributed by atoms with van der Waals surface area (Å²) in [5.74, 6) is 5.70. The number of carbonyl (C=O) groups excluding carboxylic acids is 1. The molecule has 0 unspecified atom stereocenters. The summed E-state index contributed by atoms with van der Waals surface area (Å²) in [5.41, 5.74) is 3.69. The predicted octanol–water partition coefficient (Wildman–Crippen LogP) is 1.70. The number of hydrogen-bond acceptors (Lipinski definition) is 3. The summed E-state index contributed by atoms with van der Waals surface area (Å²) in [4.78, 5) is 11.5. The first-order valence-electron chi connectivity index (χ1n) is 5.58. The fourth-order valence-electron chi connectivity index (χ4n) is 1.38. The van der Waals surface area contributed by atoms with Crippen LogP contribution in [0, 0.1) is 19.3 Å². The lowest BCUT2D eigenvalue weighted by Gasteiger charge is -2.23. The molecule has 1 amide bonds. The molecule has 0 radical (unpaired) electrons. The zero-order chi connectivity index (χ0) is 13.1. The number of hydrogen-bond donors (Lipinski definition) is 2. The van der Waals surface area contributed by atoms with Crippen LogP contribution in [0.1, 0.15) is 25.0 Å². The van der Waals surface area contributed by atoms with Crippen LogP contribution in [-0.2, 0) is 4.79 Å². The Bertz CT molecular complexity index is 414. The number of amides is 1. The first kappa shape index (κ1) is 13.5. The average molecular weight is 236 g/mol. The quantitative estimate of drug-likeness (QED) is 0.475. The predicted molar refractivity (Wildman–Crippen MR) is 67.5 cm³/mol. The number of aryl methyl sites for hydroxylation is 2. The van der Waals surface area contributed by atoms with Gasteiger partial charge in [0.05, 0.1) is 5.41 Å². The number of nitrogens with one attached hydrogen (secondary N) is 1. The van der Waals surface area contributed by atoms with E-state index in [2.05, 4.69) is 5.43 Å². The topological polar surface area (TPSA) is 64.3 Å². The van der Waals surface area contributed by atoms with Crippen molar-refractivity contribution in [3.05, 3.63) is 29.3 Å². The molecule has 0 aliphatic carbocycles. The number of benzene rings is 1. The summed E-state index contributed by atoms with van der Waals surface area (Å²) in [6, 6.07) is 5.99. The van der Waals surface area contributed by atoms with Crippen molar-refractivity contribution in [1.82, 2.24) is 5.43 Å². The second kappa shape index (κ2) is 5.19. The SMILES string of the molecule is Cc1ccc(C)c(OCC(C)(C)C(=O)NN)c1. The fourth-order valence-corrected chi connectivity index (χ4v) is 1.38. The number of carbonyl (C=O) groups is 1. The normalized spacial score (nSPS) is 11.1. The molecular weight excluding hydrogens is 216 g/mol. The highest BCUT2D eigenvalue weighted by atomic mass is 16.5. The maximum absolute atomic E-state index is 11.5. The molecule has 0 saturated carbocycles. The van der Waals surface area contributed by atoms with Gasteiger partial charge in [-0.05, 0) is 44.9 Å². The Morgan fingerprint density at radius 3 is 2.65 bits per heavy atom. The van der Waals surface area contributed by atoms with E-state index in [4.69, 9.17) is 10.6 Å². The van der Waals surface area contributed by atoms with E-state index in [1.807, 2.05) is 32.0 Å². The summed E-state index contributed by atoms with van der Waals surface area (Å²) in [6.07, 6.45) is 0. The van der Waals surface area contributed by atoms with E-state index in [9.17, 15) is 4.79 Å². The third kappa shape index (κ3) is 3.46. The Kier molecular flexibility index (Phi) is 4.12. The zero-order valence-corrected chi connectivity index (χ0v) is 10.8. The molecule has 17 heavy (non-hydrogen) atoms. The van der Waals surface area contributed by atoms with Gasteiger partial charge in [0.15, 0.2) is 0 Å². The van der Waals surface area contributed by atoms with E-state index >= 15 is 0 Å². The van der Waals surface area contributed by atoms with Crippen molar-refractivity contribution in [2.45, 2.75) is 27.7 Å². The van der Waals surface area contributed by atoms with E-state index in [1.54, 1.807) is 13.8 Å². The molecule has 0 spiro atoms. The summed E-state index contributed by atoms with van der Waals surface area (Å²) in [6.45, 7) is 7.86. The second-order valence-corrected chi connectivity index (χ2v) is 4.91. The summed E-state index contributed by atoms with van der Waals surface area (Å²) >= 11 is 0. The van der Waals surface area contributed by atoms with E-state index < -0.39 is 5.41 Å². The van der Waals surface area contributed by atoms with Crippen LogP contribution in [0.3, 0.4) is 0 Å². The minimum Gasteiger partial charge on any atom is -0.492 e. The molecule has 1 rings (SSSR count). The van der Waals surface area contributed by atoms with Crippen molar-refractivity contribution in [3.63, 3.8) is 0 Å². The first-order valence-corrected chi connectivity index (χ1v) is 5.58. The molecule has 0 fully saturated rings. The average Bonchev–Trinajstić information content (AvgIpc) is 2.29. The van der Waals surface area contributed by atoms with E-state index in [1.165, 1.54) is 0 Å². The van der Waals surface area contributed by atoms with Gasteiger partial charge in [0, 0.05) is 0 Å². The zero-order valence-electron chi connectivity index (χ0n) is 10.8. The van der Waals surface area contributed by atoms with Gasteiger partial charge in [-0.15, -0.1) is 0 Å². The molecule has 1 aromatic carbocycles. The van der Waals surface area contributed by atoms with Gasteiger partial charge in [0.2, 0.25) is 5.91 Å². The molecule has 4 nitrogen and oxygen atoms in total. The fraction of sp³-hybridized carbons (Fsp3) is 0.462. The van der Waals surface area contributed by atoms with Crippen LogP contribution in [-0.4, -0.2) is 12.5 Å². The Balaban J connectivity index is 2.73. The smallest absolute Gasteiger partial charge is 0.242 e. The Morgan fingerprint density at radius 1 is 1.41 bits per heavy atom. The summed E-state index contributed by atoms with van der Waals surface area (Å²) in [5, 5.41) is 0. The molecule has 0 bridgehead atoms. The van der Waals surface area contributed by atoms with Crippen molar-refractivity contribution >= 4 is 5.91 Å². The van der Waals surface area contributed by atoms with Crippen LogP contribution in [0.15, 0.2) is 18.2 Å². The van der Waals surface area contributed by atoms with Gasteiger partial charge in [-0.25, -0.2) is 5.84 Å². The molecule has 3 N–H and O–H groups in total. The van der Waals surface area contributed by atoms with Crippen LogP contribution in [0.4, 0.5) is 0 Å². The highest BCUT2D eigenvalue weighted by Crippen LogP contribution is 2.23. The van der Waals surface area contributed by atoms with Crippen LogP contribution in [0.2, 0.25) is 0 Å². The van der Waals surface area contributed by atoms with Gasteiger partial charge in [0.25, 0.3) is 0 Å². The van der Waals surface area contributed by atoms with Gasteiger partial charge in [0.1, 0.15) is 12.4 Å². The van der Waals surface area contributed by atoms with Crippen LogP contribution >= 0.6 is 0 Å². The molecule has 0 aliphatic rings. The highest BCUT2D eigenvalue weighted by molar-refractivity contribution is 5.81. The first-order chi connectivity index (χ1) is 7.86. The monoisotopic (exact) mass is 236 g/mol. The number of nitrogens with two attached hydrogens (primary N) is 1. The van der Waals surface area contributed by atoms with Gasteiger partial charge >= 0.3 is 0 Å². The number of rotatable bonds is 4. The number of hydrazine groups is 1. The third-order valence-corrected chi connectivity index (χ3v) is 2.68. The molecule has 94 valence electrons. The maximum atomic E-state index is 11.5. The molecule has 0 atom stereocenters. The molecule has 0 aliphatic heterocycles. The Hall–Kier alpha value is -1.55. The minimum atomic E-state index is -0.648. The van der Waals surface area contributed by atoms with Crippen molar-refractivity contribution in [2.24, 2.45) is 11.3 Å². The molecule has 4 heteroatoms. The number of ether oxygens (including phenoxy) is 1. The van der Waals surface area contributed by atoms with Gasteiger partial charge in [-0.3, -0.25) is 10.2 Å². The molecule has 1 aromatic rings. The minimum absolute atomic E-state index is 0.234. The van der Waals surface area contributed by atoms with Crippen molar-refractivity contribution in [1.29, 1.82) is 0 Å². The summed E-state index contributed by atoms with van der Waals surface area (Å²) in [7, 11) is 0. The lowest BCUT2D eigenvalue weighted by Crippen LogP contribution is -2.44. The second-order valence-electron chi connectivity index (χ2n) is 4.91. The van der Waals surface area contributed by atoms with Crippen molar-refractivity contribution < 1.29 is 9.53 Å². The largest absolute Gasteiger partial charge is 0.492 e. The standard InChI is InChI=1S/C13H20N2O2/c1-9-5-6-10(2)11(7-9)17-8-13(3,4)12(16)15-14/h5-7H,8,14H2,1-4H3,(H,15,16). The highest BCUT2D eigenvalue weighted by Gasteiger charge is 2.28. The molecule has 0 heterocycles. The third-order valence-electron chi connectivity index (χ3n) is 2.68. The molecular formula is C13H20N2O2. The van der Waals surface area contributed by atoms with Gasteiger partial charge in [-0.2, -0.15) is 0 Å². The van der Waals surface area contributed by atoms with Crippen molar-refractivity contribution in [3.8, 4) is 5.75 Å². The Labute approximate surface area is 102 Å². The Morgan fingerprint density at radius 2 is 2.06 bits per heavy atom. The van der Waals surface area contributed by atoms with Crippen molar-refractivity contribution in [2.75, 3.05) is 6.61 Å². The van der Waals surface area contributed by atoms with E-state index in [0.29, 0.717) is 6.61 Å². The van der Waals surface area contributed by atoms with Crippen LogP contribution in [0.5, 0.6) is 5.75 Å². The lowest BCUT2D eigenvalue weighted by atomic mass is 9.94. The van der Waals surface area contributed by atoms with E-state index in [0.717, 1.165) is 16.9 Å². The van der Waals surface area contributed by atoms with Crippen LogP contribution in [0.25, 0.3) is 0 Å². The summed E-state index contributed by atoms with van der Waals surface area (Å²) < 4.78 is 5.69. The van der Waals surface area contributed by atoms with Gasteiger partial charge < -0.3 is 4.74 Å². The maximum Gasteiger partial charge on any atom is 0.242 e. The van der Waals surface area contributed by atoms with Crippen LogP contribution < -0.4 is 16.0 Å².